The molecule has 0 bridgehead atoms. The fourth-order valence-electron chi connectivity index (χ4n) is 7.58. The number of piperidine rings is 1. The molecule has 1 aromatic carbocycles. The molecule has 1 aliphatic carbocycles. The van der Waals surface area contributed by atoms with E-state index in [0.717, 1.165) is 56.2 Å². The lowest BCUT2D eigenvalue weighted by Gasteiger charge is -2.54. The van der Waals surface area contributed by atoms with Gasteiger partial charge in [-0.25, -0.2) is 4.79 Å². The van der Waals surface area contributed by atoms with Gasteiger partial charge in [0, 0.05) is 44.1 Å². The van der Waals surface area contributed by atoms with Crippen LogP contribution in [0.4, 0.5) is 18.0 Å². The molecule has 0 unspecified atom stereocenters. The summed E-state index contributed by atoms with van der Waals surface area (Å²) < 4.78 is 52.0. The number of amides is 2. The van der Waals surface area contributed by atoms with Crippen molar-refractivity contribution in [3.63, 3.8) is 0 Å². The van der Waals surface area contributed by atoms with Crippen molar-refractivity contribution in [1.29, 1.82) is 0 Å². The standard InChI is InChI=1S/C32H46F3N3O4/c1-21(2)27-20-41-31-15-14-25(17-24(31)12-13-28(39)38(27)31)36(18-22-8-10-23(11-9-22)32(33,34)35)19-26-7-6-16-37(26)29(40)42-30(3,4)5/h8-11,21,24-27H,6-7,12-20H2,1-5H3/t24-,25+,26-,27-,31-/m1/s1. The van der Waals surface area contributed by atoms with Crippen molar-refractivity contribution in [2.45, 2.75) is 122 Å². The largest absolute Gasteiger partial charge is 0.444 e. The second-order valence-electron chi connectivity index (χ2n) is 14.0. The minimum absolute atomic E-state index is 0.0392. The van der Waals surface area contributed by atoms with Crippen LogP contribution >= 0.6 is 0 Å². The van der Waals surface area contributed by atoms with E-state index in [0.29, 0.717) is 38.6 Å². The molecule has 0 N–H and O–H groups in total. The maximum Gasteiger partial charge on any atom is 0.416 e. The summed E-state index contributed by atoms with van der Waals surface area (Å²) in [4.78, 5) is 32.4. The number of carbonyl (C=O) groups is 2. The second kappa shape index (κ2) is 11.6. The number of benzene rings is 1. The summed E-state index contributed by atoms with van der Waals surface area (Å²) in [5.41, 5.74) is -1.00. The molecule has 1 saturated carbocycles. The van der Waals surface area contributed by atoms with Gasteiger partial charge in [0.05, 0.1) is 18.2 Å². The molecule has 234 valence electrons. The van der Waals surface area contributed by atoms with E-state index in [1.807, 2.05) is 25.7 Å². The molecule has 5 rings (SSSR count). The molecule has 4 fully saturated rings. The normalized spacial score (nSPS) is 30.2. The Bertz CT molecular complexity index is 1140. The van der Waals surface area contributed by atoms with Gasteiger partial charge in [-0.1, -0.05) is 26.0 Å². The van der Waals surface area contributed by atoms with Gasteiger partial charge in [0.25, 0.3) is 0 Å². The van der Waals surface area contributed by atoms with E-state index >= 15 is 0 Å². The van der Waals surface area contributed by atoms with E-state index in [1.165, 1.54) is 0 Å². The molecule has 0 aromatic heterocycles. The maximum atomic E-state index is 13.2. The van der Waals surface area contributed by atoms with Crippen LogP contribution in [0.5, 0.6) is 0 Å². The van der Waals surface area contributed by atoms with E-state index in [9.17, 15) is 22.8 Å². The number of hydrogen-bond donors (Lipinski definition) is 0. The highest BCUT2D eigenvalue weighted by Crippen LogP contribution is 2.51. The number of carbonyl (C=O) groups excluding carboxylic acids is 2. The molecule has 2 amide bonds. The van der Waals surface area contributed by atoms with Gasteiger partial charge in [0.15, 0.2) is 0 Å². The summed E-state index contributed by atoms with van der Waals surface area (Å²) >= 11 is 0. The molecule has 3 aliphatic heterocycles. The SMILES string of the molecule is CC(C)[C@H]1CO[C@]23CC[C@H](N(Cc4ccc(C(F)(F)F)cc4)C[C@H]4CCCN4C(=O)OC(C)(C)C)C[C@H]2CCC(=O)N13. The molecule has 0 radical (unpaired) electrons. The van der Waals surface area contributed by atoms with Crippen LogP contribution in [0.3, 0.4) is 0 Å². The number of likely N-dealkylation sites (tertiary alicyclic amines) is 1. The monoisotopic (exact) mass is 593 g/mol. The summed E-state index contributed by atoms with van der Waals surface area (Å²) in [5.74, 6) is 0.682. The minimum Gasteiger partial charge on any atom is -0.444 e. The van der Waals surface area contributed by atoms with Gasteiger partial charge in [0.2, 0.25) is 5.91 Å². The number of halogens is 3. The van der Waals surface area contributed by atoms with Crippen molar-refractivity contribution in [2.75, 3.05) is 19.7 Å². The smallest absolute Gasteiger partial charge is 0.416 e. The average molecular weight is 594 g/mol. The first kappa shape index (κ1) is 31.1. The number of nitrogens with zero attached hydrogens (tertiary/aromatic N) is 3. The third-order valence-corrected chi connectivity index (χ3v) is 9.65. The van der Waals surface area contributed by atoms with Crippen LogP contribution in [0.1, 0.15) is 90.7 Å². The van der Waals surface area contributed by atoms with Crippen molar-refractivity contribution in [1.82, 2.24) is 14.7 Å². The summed E-state index contributed by atoms with van der Waals surface area (Å²) in [7, 11) is 0. The van der Waals surface area contributed by atoms with Gasteiger partial charge >= 0.3 is 12.3 Å². The van der Waals surface area contributed by atoms with E-state index in [4.69, 9.17) is 9.47 Å². The lowest BCUT2D eigenvalue weighted by Crippen LogP contribution is -2.63. The number of hydrogen-bond acceptors (Lipinski definition) is 5. The van der Waals surface area contributed by atoms with Crippen molar-refractivity contribution >= 4 is 12.0 Å². The van der Waals surface area contributed by atoms with Crippen molar-refractivity contribution in [3.8, 4) is 0 Å². The highest BCUT2D eigenvalue weighted by Gasteiger charge is 2.59. The predicted octanol–water partition coefficient (Wildman–Crippen LogP) is 6.45. The fraction of sp³-hybridized carbons (Fsp3) is 0.750. The molecule has 3 saturated heterocycles. The van der Waals surface area contributed by atoms with Gasteiger partial charge in [-0.2, -0.15) is 13.2 Å². The van der Waals surface area contributed by atoms with Crippen LogP contribution in [0, 0.1) is 11.8 Å². The van der Waals surface area contributed by atoms with Crippen LogP contribution < -0.4 is 0 Å². The Morgan fingerprint density at radius 1 is 1.14 bits per heavy atom. The second-order valence-corrected chi connectivity index (χ2v) is 14.0. The molecule has 1 spiro atoms. The fourth-order valence-corrected chi connectivity index (χ4v) is 7.58. The highest BCUT2D eigenvalue weighted by molar-refractivity contribution is 5.78. The van der Waals surface area contributed by atoms with E-state index in [1.54, 1.807) is 12.1 Å². The third-order valence-electron chi connectivity index (χ3n) is 9.65. The van der Waals surface area contributed by atoms with Crippen LogP contribution in [-0.2, 0) is 27.0 Å². The summed E-state index contributed by atoms with van der Waals surface area (Å²) in [6, 6.07) is 5.62. The third kappa shape index (κ3) is 6.30. The van der Waals surface area contributed by atoms with Crippen molar-refractivity contribution in [3.05, 3.63) is 35.4 Å². The first-order valence-electron chi connectivity index (χ1n) is 15.5. The molecule has 3 heterocycles. The van der Waals surface area contributed by atoms with Gasteiger partial charge in [0.1, 0.15) is 11.3 Å². The van der Waals surface area contributed by atoms with Crippen LogP contribution in [0.2, 0.25) is 0 Å². The van der Waals surface area contributed by atoms with E-state index in [2.05, 4.69) is 23.6 Å². The minimum atomic E-state index is -4.38. The van der Waals surface area contributed by atoms with Gasteiger partial charge in [-0.05, 0) is 82.9 Å². The van der Waals surface area contributed by atoms with Crippen molar-refractivity contribution < 1.29 is 32.2 Å². The molecule has 10 heteroatoms. The molecule has 42 heavy (non-hydrogen) atoms. The molecule has 4 aliphatic rings. The topological polar surface area (TPSA) is 62.3 Å². The lowest BCUT2D eigenvalue weighted by molar-refractivity contribution is -0.192. The van der Waals surface area contributed by atoms with E-state index in [-0.39, 0.29) is 36.0 Å². The van der Waals surface area contributed by atoms with Crippen molar-refractivity contribution in [2.24, 2.45) is 11.8 Å². The molecular formula is C32H46F3N3O4. The number of ether oxygens (including phenoxy) is 2. The molecular weight excluding hydrogens is 547 g/mol. The Morgan fingerprint density at radius 2 is 1.86 bits per heavy atom. The van der Waals surface area contributed by atoms with Gasteiger partial charge in [-0.15, -0.1) is 0 Å². The molecule has 5 atom stereocenters. The Hall–Kier alpha value is -2.33. The Balaban J connectivity index is 1.37. The Morgan fingerprint density at radius 3 is 2.50 bits per heavy atom. The zero-order valence-corrected chi connectivity index (χ0v) is 25.6. The van der Waals surface area contributed by atoms with Gasteiger partial charge in [-0.3, -0.25) is 9.69 Å². The Kier molecular flexibility index (Phi) is 8.62. The average Bonchev–Trinajstić information content (AvgIpc) is 3.53. The first-order valence-corrected chi connectivity index (χ1v) is 15.5. The highest BCUT2D eigenvalue weighted by atomic mass is 19.4. The zero-order chi connectivity index (χ0) is 30.4. The quantitative estimate of drug-likeness (QED) is 0.380. The van der Waals surface area contributed by atoms with Gasteiger partial charge < -0.3 is 19.3 Å². The first-order chi connectivity index (χ1) is 19.7. The molecule has 7 nitrogen and oxygen atoms in total. The number of alkyl halides is 3. The Labute approximate surface area is 247 Å². The van der Waals surface area contributed by atoms with Crippen LogP contribution in [0.15, 0.2) is 24.3 Å². The van der Waals surface area contributed by atoms with Crippen LogP contribution in [-0.4, -0.2) is 75.8 Å². The zero-order valence-electron chi connectivity index (χ0n) is 25.6. The maximum absolute atomic E-state index is 13.2. The van der Waals surface area contributed by atoms with E-state index < -0.39 is 23.1 Å². The van der Waals surface area contributed by atoms with Crippen LogP contribution in [0.25, 0.3) is 0 Å². The number of rotatable bonds is 6. The summed E-state index contributed by atoms with van der Waals surface area (Å²) in [5, 5.41) is 0. The predicted molar refractivity (Wildman–Crippen MR) is 152 cm³/mol. The lowest BCUT2D eigenvalue weighted by atomic mass is 9.72. The summed E-state index contributed by atoms with van der Waals surface area (Å²) in [6.07, 6.45) is 0.716. The summed E-state index contributed by atoms with van der Waals surface area (Å²) in [6.45, 7) is 12.1. The molecule has 1 aromatic rings.